The van der Waals surface area contributed by atoms with Gasteiger partial charge in [-0.3, -0.25) is 14.4 Å². The van der Waals surface area contributed by atoms with Gasteiger partial charge in [-0.25, -0.2) is 0 Å². The van der Waals surface area contributed by atoms with Crippen molar-refractivity contribution in [2.75, 3.05) is 18.1 Å². The summed E-state index contributed by atoms with van der Waals surface area (Å²) in [6, 6.07) is 19.5. The Morgan fingerprint density at radius 3 is 2.60 bits per heavy atom. The first kappa shape index (κ1) is 32.6. The Hall–Kier alpha value is -3.90. The summed E-state index contributed by atoms with van der Waals surface area (Å²) in [6.07, 6.45) is 2.29. The number of aliphatic hydroxyl groups is 1. The number of rotatable bonds is 7. The van der Waals surface area contributed by atoms with E-state index in [0.29, 0.717) is 33.9 Å². The molecule has 0 bridgehead atoms. The Labute approximate surface area is 284 Å². The molecule has 48 heavy (non-hydrogen) atoms. The topological polar surface area (TPSA) is 105 Å². The second kappa shape index (κ2) is 12.2. The molecule has 2 amide bonds. The Morgan fingerprint density at radius 1 is 1.12 bits per heavy atom. The molecule has 0 saturated carbocycles. The Bertz CT molecular complexity index is 1970. The molecule has 0 radical (unpaired) electrons. The predicted octanol–water partition coefficient (Wildman–Crippen LogP) is 5.73. The van der Waals surface area contributed by atoms with Crippen molar-refractivity contribution in [2.45, 2.75) is 69.1 Å². The van der Waals surface area contributed by atoms with Gasteiger partial charge in [0.2, 0.25) is 14.3 Å². The largest absolute Gasteiger partial charge is 0.394 e. The van der Waals surface area contributed by atoms with E-state index in [1.807, 2.05) is 37.3 Å². The van der Waals surface area contributed by atoms with Gasteiger partial charge < -0.3 is 23.8 Å². The average Bonchev–Trinajstić information content (AvgIpc) is 3.72. The first-order valence-corrected chi connectivity index (χ1v) is 19.7. The van der Waals surface area contributed by atoms with E-state index in [-0.39, 0.29) is 43.0 Å². The molecule has 3 aliphatic rings. The first-order chi connectivity index (χ1) is 22.9. The quantitative estimate of drug-likeness (QED) is 0.196. The minimum atomic E-state index is -3.48. The minimum Gasteiger partial charge on any atom is -0.394 e. The highest BCUT2D eigenvalue weighted by Gasteiger charge is 2.67. The van der Waals surface area contributed by atoms with Gasteiger partial charge in [0.15, 0.2) is 5.60 Å². The molecule has 7 rings (SSSR count). The van der Waals surface area contributed by atoms with Crippen LogP contribution in [0.4, 0.5) is 9.80 Å². The number of amides is 2. The highest BCUT2D eigenvalue weighted by atomic mass is 35.5. The van der Waals surface area contributed by atoms with Crippen molar-refractivity contribution >= 4 is 48.3 Å². The van der Waals surface area contributed by atoms with E-state index in [9.17, 15) is 19.5 Å². The Balaban J connectivity index is 1.21. The van der Waals surface area contributed by atoms with Crippen LogP contribution in [0.2, 0.25) is 23.7 Å². The fourth-order valence-electron chi connectivity index (χ4n) is 8.22. The van der Waals surface area contributed by atoms with Gasteiger partial charge in [0.25, 0.3) is 11.5 Å². The van der Waals surface area contributed by atoms with Crippen LogP contribution in [0.5, 0.6) is 0 Å². The average molecular weight is 689 g/mol. The summed E-state index contributed by atoms with van der Waals surface area (Å²) >= 11 is 6.51. The number of fused-ring (bicyclic) bond motifs is 3. The molecule has 2 fully saturated rings. The van der Waals surface area contributed by atoms with Crippen LogP contribution in [-0.4, -0.2) is 65.3 Å². The van der Waals surface area contributed by atoms with Gasteiger partial charge in [0.05, 0.1) is 54.7 Å². The summed E-state index contributed by atoms with van der Waals surface area (Å²) in [5.74, 6) is -1.09. The normalized spacial score (nSPS) is 25.4. The fourth-order valence-corrected chi connectivity index (χ4v) is 10.9. The summed E-state index contributed by atoms with van der Waals surface area (Å²) in [7, 11) is -3.48. The lowest BCUT2D eigenvalue weighted by Gasteiger charge is -2.31. The van der Waals surface area contributed by atoms with Gasteiger partial charge in [-0.1, -0.05) is 48.9 Å². The third-order valence-electron chi connectivity index (χ3n) is 10.4. The van der Waals surface area contributed by atoms with Gasteiger partial charge in [0, 0.05) is 34.0 Å². The number of halogens is 2. The molecule has 3 aliphatic heterocycles. The number of aromatic nitrogens is 2. The molecule has 4 heterocycles. The molecule has 250 valence electrons. The smallest absolute Gasteiger partial charge is 0.279 e. The van der Waals surface area contributed by atoms with E-state index < -0.39 is 31.6 Å². The second-order valence-corrected chi connectivity index (χ2v) is 17.9. The summed E-state index contributed by atoms with van der Waals surface area (Å²) in [5.41, 5.74) is 0.201. The lowest BCUT2D eigenvalue weighted by atomic mass is 9.82. The van der Waals surface area contributed by atoms with E-state index in [0.717, 1.165) is 23.8 Å². The van der Waals surface area contributed by atoms with Gasteiger partial charge in [0.1, 0.15) is 0 Å². The molecule has 3 aromatic carbocycles. The van der Waals surface area contributed by atoms with Crippen molar-refractivity contribution in [3.63, 3.8) is 0 Å². The second-order valence-electron chi connectivity index (χ2n) is 13.7. The summed E-state index contributed by atoms with van der Waals surface area (Å²) < 4.78 is 24.3. The Morgan fingerprint density at radius 2 is 1.88 bits per heavy atom. The predicted molar refractivity (Wildman–Crippen MR) is 184 cm³/mol. The van der Waals surface area contributed by atoms with E-state index in [2.05, 4.69) is 5.10 Å². The van der Waals surface area contributed by atoms with Crippen molar-refractivity contribution in [1.29, 1.82) is 0 Å². The summed E-state index contributed by atoms with van der Waals surface area (Å²) in [4.78, 5) is 44.7. The number of hydrogen-bond acceptors (Lipinski definition) is 6. The molecule has 1 aromatic heterocycles. The lowest BCUT2D eigenvalue weighted by Crippen LogP contribution is -2.45. The molecule has 1 spiro atoms. The number of hydrogen-bond donors (Lipinski definition) is 1. The molecule has 4 aromatic rings. The highest BCUT2D eigenvalue weighted by molar-refractivity contribution is 6.72. The number of likely N-dealkylation sites (tertiary alicyclic amines) is 1. The van der Waals surface area contributed by atoms with Crippen LogP contribution in [0.15, 0.2) is 77.7 Å². The molecule has 0 aliphatic carbocycles. The molecule has 5 atom stereocenters. The van der Waals surface area contributed by atoms with Crippen LogP contribution in [-0.2, 0) is 26.5 Å². The number of nitrogens with zero attached hydrogens (tertiary/aromatic N) is 4. The standard InChI is InChI=1S/C36H38ClFN4O5Si/c1-22-33(48(2,3)38)31(18-32(44)40-16-6-8-27(40)21-43)47-36(22)29-17-25(37)12-15-30(29)41(35(36)46)20-23-10-13-26(14-11-23)42-34(45)28-9-5-4-7-24(28)19-39-42/h4-5,7,9-15,17,19,22,27,31,33,43H,6,8,16,18,20-21H2,1-3H3/t22-,27-,31+,33-,36+/m0/s1. The molecule has 12 heteroatoms. The molecule has 9 nitrogen and oxygen atoms in total. The van der Waals surface area contributed by atoms with Crippen LogP contribution < -0.4 is 10.5 Å². The van der Waals surface area contributed by atoms with Crippen LogP contribution in [0.1, 0.15) is 37.3 Å². The number of carbonyl (C=O) groups excluding carboxylic acids is 2. The van der Waals surface area contributed by atoms with Gasteiger partial charge >= 0.3 is 0 Å². The van der Waals surface area contributed by atoms with E-state index in [4.69, 9.17) is 16.3 Å². The van der Waals surface area contributed by atoms with Crippen molar-refractivity contribution in [3.8, 4) is 5.69 Å². The third-order valence-corrected chi connectivity index (χ3v) is 13.1. The number of anilines is 1. The van der Waals surface area contributed by atoms with Crippen molar-refractivity contribution < 1.29 is 23.5 Å². The van der Waals surface area contributed by atoms with E-state index >= 15 is 4.11 Å². The van der Waals surface area contributed by atoms with Crippen LogP contribution in [0.3, 0.4) is 0 Å². The fraction of sp³-hybridized carbons (Fsp3) is 0.389. The third kappa shape index (κ3) is 5.28. The van der Waals surface area contributed by atoms with Gasteiger partial charge in [-0.2, -0.15) is 9.78 Å². The number of aliphatic hydroxyl groups excluding tert-OH is 1. The van der Waals surface area contributed by atoms with Gasteiger partial charge in [-0.15, -0.1) is 0 Å². The van der Waals surface area contributed by atoms with Crippen LogP contribution >= 0.6 is 11.6 Å². The maximum absolute atomic E-state index is 16.2. The Kier molecular flexibility index (Phi) is 8.30. The maximum Gasteiger partial charge on any atom is 0.279 e. The monoisotopic (exact) mass is 688 g/mol. The van der Waals surface area contributed by atoms with Crippen LogP contribution in [0.25, 0.3) is 16.5 Å². The number of carbonyl (C=O) groups is 2. The zero-order valence-corrected chi connectivity index (χ0v) is 28.9. The zero-order chi connectivity index (χ0) is 34.0. The van der Waals surface area contributed by atoms with Gasteiger partial charge in [-0.05, 0) is 67.9 Å². The first-order valence-electron chi connectivity index (χ1n) is 16.4. The van der Waals surface area contributed by atoms with Crippen molar-refractivity contribution in [3.05, 3.63) is 99.4 Å². The van der Waals surface area contributed by atoms with E-state index in [1.165, 1.54) is 4.68 Å². The molecule has 2 saturated heterocycles. The SMILES string of the molecule is C[C@H]1[C@H]([Si](C)(C)F)[C@@H](CC(=O)N2CCC[C@H]2CO)O[C@]12C(=O)N(Cc1ccc(-n3ncc4ccccc4c3=O)cc1)c1ccc(Cl)cc12. The minimum absolute atomic E-state index is 0.0690. The van der Waals surface area contributed by atoms with Crippen molar-refractivity contribution in [2.24, 2.45) is 5.92 Å². The summed E-state index contributed by atoms with van der Waals surface area (Å²) in [5, 5.41) is 15.9. The lowest BCUT2D eigenvalue weighted by molar-refractivity contribution is -0.150. The molecule has 1 N–H and O–H groups in total. The highest BCUT2D eigenvalue weighted by Crippen LogP contribution is 2.60. The number of benzene rings is 3. The van der Waals surface area contributed by atoms with Crippen molar-refractivity contribution in [1.82, 2.24) is 14.7 Å². The molecular weight excluding hydrogens is 651 g/mol. The van der Waals surface area contributed by atoms with Crippen LogP contribution in [0, 0.1) is 5.92 Å². The zero-order valence-electron chi connectivity index (χ0n) is 27.1. The molecular formula is C36H38ClFN4O5Si. The maximum atomic E-state index is 16.2. The van der Waals surface area contributed by atoms with E-state index in [1.54, 1.807) is 65.5 Å². The summed E-state index contributed by atoms with van der Waals surface area (Å²) in [6.45, 7) is 5.67. The number of ether oxygens (including phenoxy) is 1. The molecule has 0 unspecified atom stereocenters.